The third-order valence-electron chi connectivity index (χ3n) is 5.21. The van der Waals surface area contributed by atoms with E-state index in [1.54, 1.807) is 20.3 Å². The van der Waals surface area contributed by atoms with Gasteiger partial charge < -0.3 is 9.47 Å². The highest BCUT2D eigenvalue weighted by Crippen LogP contribution is 2.30. The summed E-state index contributed by atoms with van der Waals surface area (Å²) in [4.78, 5) is 19.0. The van der Waals surface area contributed by atoms with Crippen molar-refractivity contribution in [1.29, 1.82) is 0 Å². The molecule has 1 aromatic heterocycles. The minimum Gasteiger partial charge on any atom is -0.337 e. The average Bonchev–Trinajstić information content (AvgIpc) is 2.80. The molecule has 3 aliphatic rings. The molecular weight excluding hydrogens is 342 g/mol. The van der Waals surface area contributed by atoms with Crippen LogP contribution in [0.15, 0.2) is 12.4 Å². The number of hydrogen-bond acceptors (Lipinski definition) is 4. The van der Waals surface area contributed by atoms with Gasteiger partial charge in [-0.15, -0.1) is 0 Å². The maximum Gasteiger partial charge on any atom is 0.281 e. The Balaban J connectivity index is 1.75. The number of imidazole rings is 1. The normalized spacial score (nSPS) is 24.7. The van der Waals surface area contributed by atoms with Crippen LogP contribution in [0.2, 0.25) is 0 Å². The maximum absolute atomic E-state index is 12.9. The van der Waals surface area contributed by atoms with Crippen molar-refractivity contribution in [3.05, 3.63) is 18.2 Å². The number of carbonyl (C=O) groups is 1. The second-order valence-corrected chi connectivity index (χ2v) is 9.22. The summed E-state index contributed by atoms with van der Waals surface area (Å²) < 4.78 is 29.7. The van der Waals surface area contributed by atoms with Crippen LogP contribution in [0.25, 0.3) is 0 Å². The number of rotatable bonds is 5. The SMILES string of the molecule is CCc1nccn1CC(=O)N1C[C@H]2CC[C@@H]1CN(S(=O)(=O)N(C)C)C2. The largest absolute Gasteiger partial charge is 0.337 e. The van der Waals surface area contributed by atoms with E-state index >= 15 is 0 Å². The highest BCUT2D eigenvalue weighted by Gasteiger charge is 2.41. The summed E-state index contributed by atoms with van der Waals surface area (Å²) in [6, 6.07) is -0.0467. The zero-order valence-corrected chi connectivity index (χ0v) is 15.9. The Morgan fingerprint density at radius 2 is 2.04 bits per heavy atom. The van der Waals surface area contributed by atoms with Crippen molar-refractivity contribution in [2.75, 3.05) is 33.7 Å². The molecule has 0 radical (unpaired) electrons. The molecule has 1 amide bonds. The van der Waals surface area contributed by atoms with Gasteiger partial charge in [0.15, 0.2) is 0 Å². The molecule has 4 heterocycles. The molecule has 2 atom stereocenters. The zero-order chi connectivity index (χ0) is 18.2. The molecule has 3 aliphatic heterocycles. The van der Waals surface area contributed by atoms with Crippen LogP contribution in [0.5, 0.6) is 0 Å². The molecular formula is C16H27N5O3S. The van der Waals surface area contributed by atoms with Gasteiger partial charge in [0.05, 0.1) is 0 Å². The molecule has 0 aromatic carbocycles. The first-order valence-electron chi connectivity index (χ1n) is 8.80. The van der Waals surface area contributed by atoms with Crippen molar-refractivity contribution in [2.24, 2.45) is 5.92 Å². The van der Waals surface area contributed by atoms with Crippen LogP contribution in [-0.4, -0.2) is 77.2 Å². The number of hydrogen-bond donors (Lipinski definition) is 0. The van der Waals surface area contributed by atoms with E-state index in [0.29, 0.717) is 19.6 Å². The number of nitrogens with zero attached hydrogens (tertiary/aromatic N) is 5. The number of fused-ring (bicyclic) bond motifs is 4. The second kappa shape index (κ2) is 7.05. The van der Waals surface area contributed by atoms with Gasteiger partial charge in [-0.25, -0.2) is 4.98 Å². The van der Waals surface area contributed by atoms with Crippen LogP contribution in [0, 0.1) is 5.92 Å². The molecule has 1 aromatic rings. The fraction of sp³-hybridized carbons (Fsp3) is 0.750. The summed E-state index contributed by atoms with van der Waals surface area (Å²) in [6.07, 6.45) is 6.16. The van der Waals surface area contributed by atoms with Crippen LogP contribution in [-0.2, 0) is 28.0 Å². The van der Waals surface area contributed by atoms with Gasteiger partial charge in [0.1, 0.15) is 12.4 Å². The van der Waals surface area contributed by atoms with Gasteiger partial charge >= 0.3 is 0 Å². The van der Waals surface area contributed by atoms with Crippen molar-refractivity contribution < 1.29 is 13.2 Å². The van der Waals surface area contributed by atoms with E-state index in [0.717, 1.165) is 25.1 Å². The fourth-order valence-electron chi connectivity index (χ4n) is 3.80. The van der Waals surface area contributed by atoms with Gasteiger partial charge in [-0.05, 0) is 18.8 Å². The topological polar surface area (TPSA) is 78.8 Å². The zero-order valence-electron chi connectivity index (χ0n) is 15.1. The fourth-order valence-corrected chi connectivity index (χ4v) is 5.02. The number of carbonyl (C=O) groups excluding carboxylic acids is 1. The Labute approximate surface area is 149 Å². The monoisotopic (exact) mass is 369 g/mol. The van der Waals surface area contributed by atoms with Crippen LogP contribution in [0.3, 0.4) is 0 Å². The molecule has 0 saturated carbocycles. The minimum atomic E-state index is -3.45. The maximum atomic E-state index is 12.9. The molecule has 2 bridgehead atoms. The highest BCUT2D eigenvalue weighted by atomic mass is 32.2. The van der Waals surface area contributed by atoms with E-state index in [-0.39, 0.29) is 24.4 Å². The van der Waals surface area contributed by atoms with Crippen molar-refractivity contribution in [3.63, 3.8) is 0 Å². The lowest BCUT2D eigenvalue weighted by atomic mass is 9.95. The average molecular weight is 369 g/mol. The molecule has 0 N–H and O–H groups in total. The quantitative estimate of drug-likeness (QED) is 0.741. The Morgan fingerprint density at radius 3 is 2.72 bits per heavy atom. The molecule has 9 heteroatoms. The van der Waals surface area contributed by atoms with E-state index in [2.05, 4.69) is 4.98 Å². The third-order valence-corrected chi connectivity index (χ3v) is 7.09. The van der Waals surface area contributed by atoms with Crippen molar-refractivity contribution >= 4 is 16.1 Å². The summed E-state index contributed by atoms with van der Waals surface area (Å²) in [5, 5.41) is 0. The first kappa shape index (κ1) is 18.3. The lowest BCUT2D eigenvalue weighted by Crippen LogP contribution is -2.49. The Bertz CT molecular complexity index is 730. The Kier molecular flexibility index (Phi) is 5.17. The summed E-state index contributed by atoms with van der Waals surface area (Å²) in [6.45, 7) is 3.80. The number of aryl methyl sites for hydroxylation is 1. The number of amides is 1. The molecule has 0 unspecified atom stereocenters. The van der Waals surface area contributed by atoms with Crippen LogP contribution < -0.4 is 0 Å². The van der Waals surface area contributed by atoms with Crippen LogP contribution in [0.4, 0.5) is 0 Å². The standard InChI is InChI=1S/C16H27N5O3S/c1-4-15-17-7-8-19(15)12-16(22)21-10-13-5-6-14(21)11-20(9-13)25(23,24)18(2)3/h7-8,13-14H,4-6,9-12H2,1-3H3/t13-,14+/m0/s1. The summed E-state index contributed by atoms with van der Waals surface area (Å²) in [5.74, 6) is 1.14. The van der Waals surface area contributed by atoms with Crippen LogP contribution >= 0.6 is 0 Å². The smallest absolute Gasteiger partial charge is 0.281 e. The van der Waals surface area contributed by atoms with E-state index in [4.69, 9.17) is 0 Å². The molecule has 25 heavy (non-hydrogen) atoms. The van der Waals surface area contributed by atoms with Crippen molar-refractivity contribution in [1.82, 2.24) is 23.1 Å². The summed E-state index contributed by atoms with van der Waals surface area (Å²) in [5.41, 5.74) is 0. The van der Waals surface area contributed by atoms with E-state index < -0.39 is 10.2 Å². The van der Waals surface area contributed by atoms with E-state index in [1.807, 2.05) is 22.6 Å². The molecule has 0 spiro atoms. The summed E-state index contributed by atoms with van der Waals surface area (Å²) in [7, 11) is -0.341. The van der Waals surface area contributed by atoms with Gasteiger partial charge in [-0.1, -0.05) is 6.92 Å². The number of aromatic nitrogens is 2. The predicted molar refractivity (Wildman–Crippen MR) is 94.0 cm³/mol. The predicted octanol–water partition coefficient (Wildman–Crippen LogP) is 0.175. The van der Waals surface area contributed by atoms with Gasteiger partial charge in [0.25, 0.3) is 10.2 Å². The third kappa shape index (κ3) is 3.58. The van der Waals surface area contributed by atoms with E-state index in [1.165, 1.54) is 8.61 Å². The van der Waals surface area contributed by atoms with Gasteiger partial charge in [-0.2, -0.15) is 17.0 Å². The first-order chi connectivity index (χ1) is 11.8. The van der Waals surface area contributed by atoms with Crippen LogP contribution in [0.1, 0.15) is 25.6 Å². The van der Waals surface area contributed by atoms with Gasteiger partial charge in [0.2, 0.25) is 5.91 Å². The van der Waals surface area contributed by atoms with E-state index in [9.17, 15) is 13.2 Å². The molecule has 3 fully saturated rings. The minimum absolute atomic E-state index is 0.0467. The first-order valence-corrected chi connectivity index (χ1v) is 10.2. The van der Waals surface area contributed by atoms with Gasteiger partial charge in [-0.3, -0.25) is 4.79 Å². The van der Waals surface area contributed by atoms with Gasteiger partial charge in [0, 0.05) is 58.6 Å². The van der Waals surface area contributed by atoms with Crippen molar-refractivity contribution in [3.8, 4) is 0 Å². The molecule has 0 aliphatic carbocycles. The molecule has 4 rings (SSSR count). The number of piperidine rings is 1. The molecule has 140 valence electrons. The lowest BCUT2D eigenvalue weighted by molar-refractivity contribution is -0.135. The lowest BCUT2D eigenvalue weighted by Gasteiger charge is -2.36. The Hall–Kier alpha value is -1.45. The van der Waals surface area contributed by atoms with Crippen molar-refractivity contribution in [2.45, 2.75) is 38.8 Å². The Morgan fingerprint density at radius 1 is 1.28 bits per heavy atom. The summed E-state index contributed by atoms with van der Waals surface area (Å²) >= 11 is 0. The highest BCUT2D eigenvalue weighted by molar-refractivity contribution is 7.86. The second-order valence-electron chi connectivity index (χ2n) is 7.08. The molecule has 3 saturated heterocycles. The molecule has 8 nitrogen and oxygen atoms in total.